The Morgan fingerprint density at radius 3 is 2.38 bits per heavy atom. The summed E-state index contributed by atoms with van der Waals surface area (Å²) in [5.74, 6) is -0.373. The lowest BCUT2D eigenvalue weighted by molar-refractivity contribution is -0.141. The van der Waals surface area contributed by atoms with Crippen LogP contribution in [-0.4, -0.2) is 24.8 Å². The molecule has 3 nitrogen and oxygen atoms in total. The second-order valence-electron chi connectivity index (χ2n) is 1.05. The number of carbonyl (C=O) groups is 1. The summed E-state index contributed by atoms with van der Waals surface area (Å²) in [6.07, 6.45) is 0.0938. The van der Waals surface area contributed by atoms with E-state index in [-0.39, 0.29) is 31.4 Å². The molecule has 0 spiro atoms. The van der Waals surface area contributed by atoms with Crippen molar-refractivity contribution in [1.82, 2.24) is 0 Å². The monoisotopic (exact) mass is 140 g/mol. The Balaban J connectivity index is 0. The van der Waals surface area contributed by atoms with Gasteiger partial charge in [-0.05, 0) is 0 Å². The molecule has 0 amide bonds. The van der Waals surface area contributed by atoms with Crippen LogP contribution in [0.1, 0.15) is 6.42 Å². The summed E-state index contributed by atoms with van der Waals surface area (Å²) in [4.78, 5) is 10.0. The van der Waals surface area contributed by atoms with Crippen molar-refractivity contribution >= 4 is 18.4 Å². The number of halogens is 1. The van der Waals surface area contributed by atoms with Crippen molar-refractivity contribution in [3.05, 3.63) is 0 Å². The maximum atomic E-state index is 10.0. The first-order valence-electron chi connectivity index (χ1n) is 1.99. The first-order chi connectivity index (χ1) is 3.31. The zero-order valence-corrected chi connectivity index (χ0v) is 5.40. The number of aliphatic hydroxyl groups excluding tert-OH is 1. The summed E-state index contributed by atoms with van der Waals surface area (Å²) in [6.45, 7) is -0.132. The maximum absolute atomic E-state index is 10.0. The van der Waals surface area contributed by atoms with Crippen LogP contribution in [0.15, 0.2) is 0 Å². The molecule has 4 heteroatoms. The molecule has 0 aliphatic heterocycles. The van der Waals surface area contributed by atoms with E-state index in [4.69, 9.17) is 5.11 Å². The SMILES string of the molecule is COC(=O)CCO.Cl. The molecule has 50 valence electrons. The molecule has 0 aliphatic rings. The van der Waals surface area contributed by atoms with Gasteiger partial charge in [-0.2, -0.15) is 0 Å². The predicted molar refractivity (Wildman–Crippen MR) is 31.0 cm³/mol. The molecule has 0 aromatic carbocycles. The van der Waals surface area contributed by atoms with E-state index in [0.717, 1.165) is 0 Å². The van der Waals surface area contributed by atoms with Gasteiger partial charge in [0.2, 0.25) is 0 Å². The highest BCUT2D eigenvalue weighted by Gasteiger charge is 1.93. The minimum Gasteiger partial charge on any atom is -0.469 e. The van der Waals surface area contributed by atoms with Crippen LogP contribution < -0.4 is 0 Å². The van der Waals surface area contributed by atoms with E-state index in [1.807, 2.05) is 0 Å². The number of carbonyl (C=O) groups excluding carboxylic acids is 1. The van der Waals surface area contributed by atoms with Crippen LogP contribution in [0.5, 0.6) is 0 Å². The first kappa shape index (κ1) is 10.7. The minimum atomic E-state index is -0.373. The summed E-state index contributed by atoms with van der Waals surface area (Å²) in [5, 5.41) is 8.07. The summed E-state index contributed by atoms with van der Waals surface area (Å²) < 4.78 is 4.19. The number of hydrogen-bond donors (Lipinski definition) is 1. The van der Waals surface area contributed by atoms with E-state index in [1.165, 1.54) is 7.11 Å². The number of aliphatic hydroxyl groups is 1. The largest absolute Gasteiger partial charge is 0.469 e. The van der Waals surface area contributed by atoms with Gasteiger partial charge in [-0.15, -0.1) is 12.4 Å². The van der Waals surface area contributed by atoms with Gasteiger partial charge in [0.25, 0.3) is 0 Å². The highest BCUT2D eigenvalue weighted by molar-refractivity contribution is 5.85. The number of esters is 1. The average Bonchev–Trinajstić information content (AvgIpc) is 1.68. The van der Waals surface area contributed by atoms with Gasteiger partial charge in [-0.1, -0.05) is 0 Å². The molecule has 8 heavy (non-hydrogen) atoms. The van der Waals surface area contributed by atoms with E-state index >= 15 is 0 Å². The Morgan fingerprint density at radius 2 is 2.25 bits per heavy atom. The molecular weight excluding hydrogens is 131 g/mol. The smallest absolute Gasteiger partial charge is 0.307 e. The van der Waals surface area contributed by atoms with Crippen LogP contribution >= 0.6 is 12.4 Å². The zero-order valence-electron chi connectivity index (χ0n) is 4.59. The lowest BCUT2D eigenvalue weighted by Gasteiger charge is -1.90. The van der Waals surface area contributed by atoms with Crippen molar-refractivity contribution < 1.29 is 14.6 Å². The number of hydrogen-bond acceptors (Lipinski definition) is 3. The Kier molecular flexibility index (Phi) is 8.95. The highest BCUT2D eigenvalue weighted by atomic mass is 35.5. The molecule has 0 unspecified atom stereocenters. The molecule has 0 atom stereocenters. The van der Waals surface area contributed by atoms with Gasteiger partial charge in [-0.25, -0.2) is 0 Å². The lowest BCUT2D eigenvalue weighted by atomic mass is 10.5. The van der Waals surface area contributed by atoms with E-state index in [2.05, 4.69) is 4.74 Å². The van der Waals surface area contributed by atoms with Gasteiger partial charge in [0.15, 0.2) is 0 Å². The molecule has 0 heterocycles. The van der Waals surface area contributed by atoms with Crippen LogP contribution in [0.2, 0.25) is 0 Å². The van der Waals surface area contributed by atoms with Crippen LogP contribution in [-0.2, 0) is 9.53 Å². The molecule has 0 saturated heterocycles. The summed E-state index contributed by atoms with van der Waals surface area (Å²) in [5.41, 5.74) is 0. The third-order valence-electron chi connectivity index (χ3n) is 0.544. The maximum Gasteiger partial charge on any atom is 0.307 e. The van der Waals surface area contributed by atoms with Crippen LogP contribution in [0.25, 0.3) is 0 Å². The molecule has 0 radical (unpaired) electrons. The Hall–Kier alpha value is -0.280. The molecule has 0 aromatic rings. The van der Waals surface area contributed by atoms with Crippen molar-refractivity contribution in [2.75, 3.05) is 13.7 Å². The van der Waals surface area contributed by atoms with Crippen molar-refractivity contribution in [2.24, 2.45) is 0 Å². The topological polar surface area (TPSA) is 46.5 Å². The lowest BCUT2D eigenvalue weighted by Crippen LogP contribution is -2.01. The molecule has 1 N–H and O–H groups in total. The number of methoxy groups -OCH3 is 1. The first-order valence-corrected chi connectivity index (χ1v) is 1.99. The average molecular weight is 141 g/mol. The van der Waals surface area contributed by atoms with E-state index in [1.54, 1.807) is 0 Å². The molecule has 0 saturated carbocycles. The van der Waals surface area contributed by atoms with Gasteiger partial charge < -0.3 is 9.84 Å². The third-order valence-corrected chi connectivity index (χ3v) is 0.544. The third kappa shape index (κ3) is 5.72. The second-order valence-corrected chi connectivity index (χ2v) is 1.05. The van der Waals surface area contributed by atoms with Gasteiger partial charge >= 0.3 is 5.97 Å². The van der Waals surface area contributed by atoms with Gasteiger partial charge in [0.1, 0.15) is 0 Å². The fraction of sp³-hybridized carbons (Fsp3) is 0.750. The van der Waals surface area contributed by atoms with Gasteiger partial charge in [-0.3, -0.25) is 4.79 Å². The molecular formula is C4H9ClO3. The fourth-order valence-electron chi connectivity index (χ4n) is 0.193. The predicted octanol–water partition coefficient (Wildman–Crippen LogP) is -0.0364. The van der Waals surface area contributed by atoms with Crippen LogP contribution in [0.4, 0.5) is 0 Å². The molecule has 0 aliphatic carbocycles. The molecule has 0 fully saturated rings. The minimum absolute atomic E-state index is 0. The van der Waals surface area contributed by atoms with Crippen LogP contribution in [0.3, 0.4) is 0 Å². The van der Waals surface area contributed by atoms with Gasteiger partial charge in [0.05, 0.1) is 20.1 Å². The number of rotatable bonds is 2. The highest BCUT2D eigenvalue weighted by Crippen LogP contribution is 1.78. The summed E-state index contributed by atoms with van der Waals surface area (Å²) in [7, 11) is 1.29. The van der Waals surface area contributed by atoms with Crippen molar-refractivity contribution in [2.45, 2.75) is 6.42 Å². The Bertz CT molecular complexity index is 64.3. The quantitative estimate of drug-likeness (QED) is 0.548. The fourth-order valence-corrected chi connectivity index (χ4v) is 0.193. The normalized spacial score (nSPS) is 7.25. The second kappa shape index (κ2) is 6.72. The molecule has 0 aromatic heterocycles. The van der Waals surface area contributed by atoms with Crippen molar-refractivity contribution in [1.29, 1.82) is 0 Å². The molecule has 0 rings (SSSR count). The Morgan fingerprint density at radius 1 is 1.75 bits per heavy atom. The zero-order chi connectivity index (χ0) is 5.70. The summed E-state index contributed by atoms with van der Waals surface area (Å²) >= 11 is 0. The molecule has 0 bridgehead atoms. The van der Waals surface area contributed by atoms with Gasteiger partial charge in [0, 0.05) is 0 Å². The van der Waals surface area contributed by atoms with Crippen molar-refractivity contribution in [3.63, 3.8) is 0 Å². The van der Waals surface area contributed by atoms with Crippen LogP contribution in [0, 0.1) is 0 Å². The Labute approximate surface area is 54.1 Å². The van der Waals surface area contributed by atoms with E-state index < -0.39 is 0 Å². The standard InChI is InChI=1S/C4H8O3.ClH/c1-7-4(6)2-3-5;/h5H,2-3H2,1H3;1H. The summed E-state index contributed by atoms with van der Waals surface area (Å²) in [6, 6.07) is 0. The van der Waals surface area contributed by atoms with E-state index in [9.17, 15) is 4.79 Å². The number of ether oxygens (including phenoxy) is 1. The van der Waals surface area contributed by atoms with E-state index in [0.29, 0.717) is 0 Å². The van der Waals surface area contributed by atoms with Crippen molar-refractivity contribution in [3.8, 4) is 0 Å².